The highest BCUT2D eigenvalue weighted by atomic mass is 35.5. The smallest absolute Gasteiger partial charge is 0.387 e. The molecule has 2 aliphatic rings. The van der Waals surface area contributed by atoms with Crippen LogP contribution >= 0.6 is 23.4 Å². The number of carbonyl (C=O) groups excluding carboxylic acids is 2. The molecule has 2 saturated heterocycles. The van der Waals surface area contributed by atoms with Gasteiger partial charge in [-0.15, -0.1) is 0 Å². The van der Waals surface area contributed by atoms with Crippen molar-refractivity contribution in [1.82, 2.24) is 4.90 Å². The maximum Gasteiger partial charge on any atom is 0.387 e. The Balaban J connectivity index is 1.48. The number of alkyl halides is 2. The number of anilines is 1. The van der Waals surface area contributed by atoms with E-state index in [1.807, 2.05) is 0 Å². The molecule has 2 amide bonds. The number of halogens is 3. The van der Waals surface area contributed by atoms with E-state index < -0.39 is 11.9 Å². The molecular weight excluding hydrogens is 488 g/mol. The summed E-state index contributed by atoms with van der Waals surface area (Å²) in [5.74, 6) is -0.509. The SMILES string of the molecule is O=C(C[C@H]1SC(=Nc2ccc(OC(F)F)cc2)N(C[C@@H]2CCCO2)C1=O)Nc1ccc(Cl)cc1. The lowest BCUT2D eigenvalue weighted by Crippen LogP contribution is -2.38. The first-order valence-corrected chi connectivity index (χ1v) is 11.9. The van der Waals surface area contributed by atoms with Crippen LogP contribution in [0.5, 0.6) is 5.75 Å². The van der Waals surface area contributed by atoms with E-state index >= 15 is 0 Å². The zero-order chi connectivity index (χ0) is 24.1. The van der Waals surface area contributed by atoms with Crippen LogP contribution in [0.3, 0.4) is 0 Å². The van der Waals surface area contributed by atoms with Gasteiger partial charge in [0, 0.05) is 23.7 Å². The molecule has 0 radical (unpaired) electrons. The first-order valence-electron chi connectivity index (χ1n) is 10.7. The van der Waals surface area contributed by atoms with E-state index in [0.29, 0.717) is 34.7 Å². The number of thioether (sulfide) groups is 1. The molecule has 1 N–H and O–H groups in total. The van der Waals surface area contributed by atoms with Gasteiger partial charge in [0.15, 0.2) is 5.17 Å². The third-order valence-electron chi connectivity index (χ3n) is 5.22. The van der Waals surface area contributed by atoms with E-state index in [0.717, 1.165) is 12.8 Å². The Labute approximate surface area is 204 Å². The number of nitrogens with one attached hydrogen (secondary N) is 1. The van der Waals surface area contributed by atoms with Crippen molar-refractivity contribution in [3.05, 3.63) is 53.6 Å². The fraction of sp³-hybridized carbons (Fsp3) is 0.348. The minimum absolute atomic E-state index is 0.0158. The fourth-order valence-electron chi connectivity index (χ4n) is 3.61. The topological polar surface area (TPSA) is 80.2 Å². The van der Waals surface area contributed by atoms with Gasteiger partial charge in [-0.2, -0.15) is 8.78 Å². The van der Waals surface area contributed by atoms with Gasteiger partial charge in [-0.05, 0) is 61.4 Å². The van der Waals surface area contributed by atoms with Crippen molar-refractivity contribution in [2.24, 2.45) is 4.99 Å². The molecule has 2 aliphatic heterocycles. The average Bonchev–Trinajstić information content (AvgIpc) is 3.41. The highest BCUT2D eigenvalue weighted by molar-refractivity contribution is 8.15. The maximum absolute atomic E-state index is 13.2. The summed E-state index contributed by atoms with van der Waals surface area (Å²) in [6.07, 6.45) is 1.63. The van der Waals surface area contributed by atoms with Gasteiger partial charge in [0.25, 0.3) is 0 Å². The minimum Gasteiger partial charge on any atom is -0.435 e. The lowest BCUT2D eigenvalue weighted by Gasteiger charge is -2.20. The Morgan fingerprint density at radius 1 is 1.24 bits per heavy atom. The minimum atomic E-state index is -2.91. The van der Waals surface area contributed by atoms with Gasteiger partial charge in [0.2, 0.25) is 11.8 Å². The number of ether oxygens (including phenoxy) is 2. The zero-order valence-corrected chi connectivity index (χ0v) is 19.5. The summed E-state index contributed by atoms with van der Waals surface area (Å²) in [6.45, 7) is -1.93. The van der Waals surface area contributed by atoms with Gasteiger partial charge in [-0.25, -0.2) is 4.99 Å². The molecule has 0 aromatic heterocycles. The van der Waals surface area contributed by atoms with Crippen LogP contribution in [-0.4, -0.2) is 53.0 Å². The monoisotopic (exact) mass is 509 g/mol. The Hall–Kier alpha value is -2.69. The number of nitrogens with zero attached hydrogens (tertiary/aromatic N) is 2. The van der Waals surface area contributed by atoms with Crippen molar-refractivity contribution in [1.29, 1.82) is 0 Å². The second-order valence-electron chi connectivity index (χ2n) is 7.72. The van der Waals surface area contributed by atoms with Crippen LogP contribution < -0.4 is 10.1 Å². The number of amides is 2. The number of amidine groups is 1. The Kier molecular flexibility index (Phi) is 8.02. The summed E-state index contributed by atoms with van der Waals surface area (Å²) >= 11 is 7.07. The predicted molar refractivity (Wildman–Crippen MR) is 127 cm³/mol. The molecular formula is C23H22ClF2N3O4S. The summed E-state index contributed by atoms with van der Waals surface area (Å²) in [5.41, 5.74) is 1.06. The summed E-state index contributed by atoms with van der Waals surface area (Å²) in [5, 5.41) is 3.12. The Morgan fingerprint density at radius 3 is 2.62 bits per heavy atom. The second kappa shape index (κ2) is 11.2. The fourth-order valence-corrected chi connectivity index (χ4v) is 4.90. The molecule has 2 atom stereocenters. The molecule has 11 heteroatoms. The van der Waals surface area contributed by atoms with Crippen LogP contribution in [0.15, 0.2) is 53.5 Å². The lowest BCUT2D eigenvalue weighted by atomic mass is 10.2. The molecule has 0 unspecified atom stereocenters. The van der Waals surface area contributed by atoms with Crippen LogP contribution in [0.25, 0.3) is 0 Å². The van der Waals surface area contributed by atoms with E-state index in [2.05, 4.69) is 15.0 Å². The van der Waals surface area contributed by atoms with Gasteiger partial charge < -0.3 is 14.8 Å². The van der Waals surface area contributed by atoms with Crippen LogP contribution in [0.4, 0.5) is 20.2 Å². The van der Waals surface area contributed by atoms with Gasteiger partial charge in [0.05, 0.1) is 18.3 Å². The van der Waals surface area contributed by atoms with Crippen molar-refractivity contribution in [2.45, 2.75) is 37.2 Å². The van der Waals surface area contributed by atoms with Crippen LogP contribution in [0, 0.1) is 0 Å². The van der Waals surface area contributed by atoms with Crippen LogP contribution in [0.2, 0.25) is 5.02 Å². The third kappa shape index (κ3) is 6.46. The molecule has 0 bridgehead atoms. The Morgan fingerprint density at radius 2 is 1.97 bits per heavy atom. The molecule has 2 fully saturated rings. The van der Waals surface area contributed by atoms with Crippen LogP contribution in [-0.2, 0) is 14.3 Å². The second-order valence-corrected chi connectivity index (χ2v) is 9.32. The first kappa shape index (κ1) is 24.4. The van der Waals surface area contributed by atoms with Crippen molar-refractivity contribution in [3.8, 4) is 5.75 Å². The zero-order valence-electron chi connectivity index (χ0n) is 18.0. The first-order chi connectivity index (χ1) is 16.4. The summed E-state index contributed by atoms with van der Waals surface area (Å²) in [6, 6.07) is 12.5. The number of rotatable bonds is 8. The van der Waals surface area contributed by atoms with E-state index in [9.17, 15) is 18.4 Å². The van der Waals surface area contributed by atoms with Crippen molar-refractivity contribution in [2.75, 3.05) is 18.5 Å². The molecule has 7 nitrogen and oxygen atoms in total. The molecule has 34 heavy (non-hydrogen) atoms. The maximum atomic E-state index is 13.2. The van der Waals surface area contributed by atoms with Crippen molar-refractivity contribution < 1.29 is 27.8 Å². The summed E-state index contributed by atoms with van der Waals surface area (Å²) in [7, 11) is 0. The Bertz CT molecular complexity index is 1050. The highest BCUT2D eigenvalue weighted by Gasteiger charge is 2.40. The van der Waals surface area contributed by atoms with E-state index in [1.165, 1.54) is 36.0 Å². The average molecular weight is 510 g/mol. The molecule has 0 spiro atoms. The summed E-state index contributed by atoms with van der Waals surface area (Å²) in [4.78, 5) is 31.8. The third-order valence-corrected chi connectivity index (χ3v) is 6.64. The number of benzene rings is 2. The van der Waals surface area contributed by atoms with E-state index in [4.69, 9.17) is 16.3 Å². The lowest BCUT2D eigenvalue weighted by molar-refractivity contribution is -0.129. The quantitative estimate of drug-likeness (QED) is 0.536. The molecule has 2 aromatic carbocycles. The normalized spacial score (nSPS) is 21.5. The molecule has 0 saturated carbocycles. The standard InChI is InChI=1S/C23H22ClF2N3O4S/c24-14-3-5-15(6-4-14)27-20(30)12-19-21(31)29(13-18-2-1-11-32-18)23(34-19)28-16-7-9-17(10-8-16)33-22(25)26/h3-10,18-19,22H,1-2,11-13H2,(H,27,30)/t18-,19+/m0/s1. The largest absolute Gasteiger partial charge is 0.435 e. The van der Waals surface area contributed by atoms with Gasteiger partial charge >= 0.3 is 6.61 Å². The van der Waals surface area contributed by atoms with Crippen molar-refractivity contribution >= 4 is 51.7 Å². The molecule has 2 aromatic rings. The van der Waals surface area contributed by atoms with E-state index in [1.54, 1.807) is 29.2 Å². The van der Waals surface area contributed by atoms with Gasteiger partial charge in [0.1, 0.15) is 11.0 Å². The van der Waals surface area contributed by atoms with E-state index in [-0.39, 0.29) is 30.1 Å². The molecule has 2 heterocycles. The predicted octanol–water partition coefficient (Wildman–Crippen LogP) is 5.08. The number of hydrogen-bond donors (Lipinski definition) is 1. The molecule has 0 aliphatic carbocycles. The van der Waals surface area contributed by atoms with Crippen molar-refractivity contribution in [3.63, 3.8) is 0 Å². The number of hydrogen-bond acceptors (Lipinski definition) is 6. The van der Waals surface area contributed by atoms with Crippen LogP contribution in [0.1, 0.15) is 19.3 Å². The van der Waals surface area contributed by atoms with Gasteiger partial charge in [-0.1, -0.05) is 23.4 Å². The number of aliphatic imine (C=N–C) groups is 1. The molecule has 4 rings (SSSR count). The highest BCUT2D eigenvalue weighted by Crippen LogP contribution is 2.33. The summed E-state index contributed by atoms with van der Waals surface area (Å²) < 4.78 is 34.8. The van der Waals surface area contributed by atoms with Gasteiger partial charge in [-0.3, -0.25) is 14.5 Å². The number of carbonyl (C=O) groups is 2. The molecule has 180 valence electrons.